The Labute approximate surface area is 113 Å². The third-order valence-electron chi connectivity index (χ3n) is 2.17. The molecule has 0 saturated heterocycles. The molecule has 0 radical (unpaired) electrons. The van der Waals surface area contributed by atoms with Gasteiger partial charge in [-0.15, -0.1) is 0 Å². The van der Waals surface area contributed by atoms with Crippen LogP contribution in [0.2, 0.25) is 0 Å². The molecule has 114 valence electrons. The molecule has 0 aliphatic heterocycles. The SMILES string of the molecule is Cc1[nH]nc(C(=O)NCCOCC(F)F)c1S(N)(=O)=O. The van der Waals surface area contributed by atoms with Crippen molar-refractivity contribution in [2.45, 2.75) is 18.2 Å². The van der Waals surface area contributed by atoms with Gasteiger partial charge in [0.25, 0.3) is 12.3 Å². The van der Waals surface area contributed by atoms with Crippen LogP contribution in [0.4, 0.5) is 8.78 Å². The van der Waals surface area contributed by atoms with Crippen LogP contribution >= 0.6 is 0 Å². The molecular weight excluding hydrogens is 298 g/mol. The van der Waals surface area contributed by atoms with Gasteiger partial charge in [-0.3, -0.25) is 9.89 Å². The summed E-state index contributed by atoms with van der Waals surface area (Å²) in [6.07, 6.45) is -2.59. The number of halogens is 2. The van der Waals surface area contributed by atoms with Crippen molar-refractivity contribution >= 4 is 15.9 Å². The number of nitrogens with two attached hydrogens (primary N) is 1. The van der Waals surface area contributed by atoms with Gasteiger partial charge in [-0.25, -0.2) is 22.3 Å². The zero-order chi connectivity index (χ0) is 15.3. The van der Waals surface area contributed by atoms with Crippen LogP contribution in [-0.2, 0) is 14.8 Å². The maximum absolute atomic E-state index is 11.8. The van der Waals surface area contributed by atoms with Crippen LogP contribution < -0.4 is 10.5 Å². The Hall–Kier alpha value is -1.59. The fourth-order valence-corrected chi connectivity index (χ4v) is 2.29. The fourth-order valence-electron chi connectivity index (χ4n) is 1.41. The molecule has 0 fully saturated rings. The monoisotopic (exact) mass is 312 g/mol. The average Bonchev–Trinajstić information content (AvgIpc) is 2.69. The first-order valence-corrected chi connectivity index (χ1v) is 7.00. The van der Waals surface area contributed by atoms with Crippen molar-refractivity contribution in [1.29, 1.82) is 0 Å². The molecule has 0 aliphatic rings. The number of aryl methyl sites for hydroxylation is 1. The minimum Gasteiger partial charge on any atom is -0.374 e. The van der Waals surface area contributed by atoms with E-state index in [9.17, 15) is 22.0 Å². The Kier molecular flexibility index (Phi) is 5.53. The Morgan fingerprint density at radius 3 is 2.75 bits per heavy atom. The van der Waals surface area contributed by atoms with Crippen molar-refractivity contribution in [2.75, 3.05) is 19.8 Å². The maximum Gasteiger partial charge on any atom is 0.273 e. The standard InChI is InChI=1S/C9H14F2N4O4S/c1-5-8(20(12,17)18)7(15-14-5)9(16)13-2-3-19-4-6(10)11/h6H,2-4H2,1H3,(H,13,16)(H,14,15)(H2,12,17,18). The van der Waals surface area contributed by atoms with Gasteiger partial charge in [0.15, 0.2) is 5.69 Å². The number of carbonyl (C=O) groups excluding carboxylic acids is 1. The van der Waals surface area contributed by atoms with Crippen molar-refractivity contribution in [2.24, 2.45) is 5.14 Å². The second-order valence-corrected chi connectivity index (χ2v) is 5.29. The molecule has 0 spiro atoms. The number of primary sulfonamides is 1. The zero-order valence-electron chi connectivity index (χ0n) is 10.5. The first-order valence-electron chi connectivity index (χ1n) is 5.45. The summed E-state index contributed by atoms with van der Waals surface area (Å²) in [5.41, 5.74) is -0.245. The van der Waals surface area contributed by atoms with E-state index < -0.39 is 33.9 Å². The van der Waals surface area contributed by atoms with E-state index in [1.165, 1.54) is 6.92 Å². The van der Waals surface area contributed by atoms with Gasteiger partial charge in [-0.2, -0.15) is 5.10 Å². The van der Waals surface area contributed by atoms with Gasteiger partial charge < -0.3 is 10.1 Å². The van der Waals surface area contributed by atoms with Crippen LogP contribution in [0.1, 0.15) is 16.2 Å². The van der Waals surface area contributed by atoms with Gasteiger partial charge >= 0.3 is 0 Å². The Morgan fingerprint density at radius 2 is 2.20 bits per heavy atom. The molecule has 1 rings (SSSR count). The second kappa shape index (κ2) is 6.72. The predicted molar refractivity (Wildman–Crippen MR) is 63.9 cm³/mol. The van der Waals surface area contributed by atoms with Gasteiger partial charge in [0.1, 0.15) is 11.5 Å². The van der Waals surface area contributed by atoms with E-state index in [0.717, 1.165) is 0 Å². The first kappa shape index (κ1) is 16.5. The minimum absolute atomic E-state index is 0.0679. The molecule has 0 atom stereocenters. The first-order chi connectivity index (χ1) is 9.23. The van der Waals surface area contributed by atoms with Crippen LogP contribution in [0.3, 0.4) is 0 Å². The van der Waals surface area contributed by atoms with Crippen LogP contribution in [0.25, 0.3) is 0 Å². The summed E-state index contributed by atoms with van der Waals surface area (Å²) in [5, 5.41) is 13.2. The largest absolute Gasteiger partial charge is 0.374 e. The fraction of sp³-hybridized carbons (Fsp3) is 0.556. The number of aromatic nitrogens is 2. The number of sulfonamides is 1. The van der Waals surface area contributed by atoms with E-state index in [4.69, 9.17) is 5.14 Å². The van der Waals surface area contributed by atoms with Gasteiger partial charge in [-0.1, -0.05) is 0 Å². The molecule has 0 saturated carbocycles. The number of ether oxygens (including phenoxy) is 1. The lowest BCUT2D eigenvalue weighted by Gasteiger charge is -2.05. The molecular formula is C9H14F2N4O4S. The van der Waals surface area contributed by atoms with Gasteiger partial charge in [0.05, 0.1) is 12.3 Å². The number of amides is 1. The summed E-state index contributed by atoms with van der Waals surface area (Å²) in [4.78, 5) is 11.3. The number of aromatic amines is 1. The maximum atomic E-state index is 11.8. The molecule has 1 aromatic rings. The lowest BCUT2D eigenvalue weighted by molar-refractivity contribution is 0.0188. The van der Waals surface area contributed by atoms with Crippen LogP contribution in [0, 0.1) is 6.92 Å². The van der Waals surface area contributed by atoms with Crippen molar-refractivity contribution in [3.05, 3.63) is 11.4 Å². The number of nitrogens with one attached hydrogen (secondary N) is 2. The van der Waals surface area contributed by atoms with Gasteiger partial charge in [0, 0.05) is 6.54 Å². The molecule has 0 bridgehead atoms. The molecule has 0 aliphatic carbocycles. The normalized spacial score (nSPS) is 11.8. The van der Waals surface area contributed by atoms with Gasteiger partial charge in [-0.05, 0) is 6.92 Å². The van der Waals surface area contributed by atoms with Crippen LogP contribution in [0.5, 0.6) is 0 Å². The minimum atomic E-state index is -4.10. The molecule has 1 aromatic heterocycles. The zero-order valence-corrected chi connectivity index (χ0v) is 11.3. The predicted octanol–water partition coefficient (Wildman–Crippen LogP) is -0.623. The molecule has 1 amide bonds. The number of hydrogen-bond donors (Lipinski definition) is 3. The smallest absolute Gasteiger partial charge is 0.273 e. The lowest BCUT2D eigenvalue weighted by atomic mass is 10.3. The summed E-state index contributed by atoms with van der Waals surface area (Å²) in [7, 11) is -4.10. The summed E-state index contributed by atoms with van der Waals surface area (Å²) in [6.45, 7) is 0.459. The molecule has 20 heavy (non-hydrogen) atoms. The highest BCUT2D eigenvalue weighted by Gasteiger charge is 2.25. The molecule has 4 N–H and O–H groups in total. The number of carbonyl (C=O) groups is 1. The lowest BCUT2D eigenvalue weighted by Crippen LogP contribution is -2.30. The second-order valence-electron chi connectivity index (χ2n) is 3.79. The van der Waals surface area contributed by atoms with Crippen LogP contribution in [-0.4, -0.2) is 50.7 Å². The highest BCUT2D eigenvalue weighted by atomic mass is 32.2. The van der Waals surface area contributed by atoms with Crippen molar-refractivity contribution < 1.29 is 26.7 Å². The number of alkyl halides is 2. The molecule has 11 heteroatoms. The van der Waals surface area contributed by atoms with Crippen molar-refractivity contribution in [3.63, 3.8) is 0 Å². The molecule has 0 aromatic carbocycles. The highest BCUT2D eigenvalue weighted by molar-refractivity contribution is 7.89. The van der Waals surface area contributed by atoms with Crippen molar-refractivity contribution in [1.82, 2.24) is 15.5 Å². The van der Waals surface area contributed by atoms with Crippen LogP contribution in [0.15, 0.2) is 4.90 Å². The van der Waals surface area contributed by atoms with E-state index in [-0.39, 0.29) is 24.5 Å². The average molecular weight is 312 g/mol. The highest BCUT2D eigenvalue weighted by Crippen LogP contribution is 2.15. The number of rotatable bonds is 7. The topological polar surface area (TPSA) is 127 Å². The summed E-state index contributed by atoms with van der Waals surface area (Å²) in [6, 6.07) is 0. The summed E-state index contributed by atoms with van der Waals surface area (Å²) < 4.78 is 50.7. The number of H-pyrrole nitrogens is 1. The van der Waals surface area contributed by atoms with Crippen molar-refractivity contribution in [3.8, 4) is 0 Å². The van der Waals surface area contributed by atoms with E-state index in [0.29, 0.717) is 0 Å². The quantitative estimate of drug-likeness (QED) is 0.578. The number of hydrogen-bond acceptors (Lipinski definition) is 5. The molecule has 1 heterocycles. The Bertz CT molecular complexity index is 573. The molecule has 0 unspecified atom stereocenters. The van der Waals surface area contributed by atoms with E-state index >= 15 is 0 Å². The molecule has 8 nitrogen and oxygen atoms in total. The van der Waals surface area contributed by atoms with E-state index in [1.54, 1.807) is 0 Å². The Balaban J connectivity index is 2.61. The summed E-state index contributed by atoms with van der Waals surface area (Å²) >= 11 is 0. The van der Waals surface area contributed by atoms with E-state index in [2.05, 4.69) is 20.3 Å². The van der Waals surface area contributed by atoms with Gasteiger partial charge in [0.2, 0.25) is 10.0 Å². The summed E-state index contributed by atoms with van der Waals surface area (Å²) in [5.74, 6) is -0.793. The Morgan fingerprint density at radius 1 is 1.55 bits per heavy atom. The third kappa shape index (κ3) is 4.51. The third-order valence-corrected chi connectivity index (χ3v) is 3.24. The van der Waals surface area contributed by atoms with E-state index in [1.807, 2.05) is 0 Å². The number of nitrogens with zero attached hydrogens (tertiary/aromatic N) is 1.